The molecule has 1 heterocycles. The molecule has 0 saturated carbocycles. The number of carboxylic acid groups (broad SMARTS) is 1. The van der Waals surface area contributed by atoms with Gasteiger partial charge in [-0.05, 0) is 24.7 Å². The highest BCUT2D eigenvalue weighted by Crippen LogP contribution is 2.28. The van der Waals surface area contributed by atoms with E-state index in [0.29, 0.717) is 25.4 Å². The van der Waals surface area contributed by atoms with Crippen molar-refractivity contribution >= 4 is 18.3 Å². The normalized spacial score (nSPS) is 23.6. The van der Waals surface area contributed by atoms with Crippen molar-refractivity contribution in [3.05, 3.63) is 29.3 Å². The number of amides is 1. The molecule has 36 heavy (non-hydrogen) atoms. The fraction of sp³-hybridized carbons (Fsp3) is 0.591. The van der Waals surface area contributed by atoms with E-state index in [2.05, 4.69) is 10.6 Å². The van der Waals surface area contributed by atoms with Gasteiger partial charge in [-0.3, -0.25) is 9.59 Å². The van der Waals surface area contributed by atoms with Crippen LogP contribution < -0.4 is 15.4 Å². The average molecular weight is 517 g/mol. The van der Waals surface area contributed by atoms with Crippen molar-refractivity contribution in [2.24, 2.45) is 0 Å². The van der Waals surface area contributed by atoms with Crippen LogP contribution in [0, 0.1) is 0 Å². The highest BCUT2D eigenvalue weighted by Gasteiger charge is 2.48. The third kappa shape index (κ3) is 8.67. The minimum absolute atomic E-state index is 0.0410. The van der Waals surface area contributed by atoms with Crippen LogP contribution in [0.4, 0.5) is 0 Å². The summed E-state index contributed by atoms with van der Waals surface area (Å²) in [7, 11) is 1.81. The third-order valence-electron chi connectivity index (χ3n) is 5.06. The minimum atomic E-state index is -1.89. The van der Waals surface area contributed by atoms with E-state index in [1.807, 2.05) is 7.05 Å². The van der Waals surface area contributed by atoms with Crippen molar-refractivity contribution < 1.29 is 58.5 Å². The number of ether oxygens (including phenoxy) is 5. The number of carboxylic acids is 1. The molecule has 202 valence electrons. The standard InChI is InChI=1S/C22H32N2O12/c1-23-4-6-32-8-9-33-7-5-24-20(29)14-10-13(11-34-12-25)2-3-15(14)35-22-18(28)16(26)17(27)19(36-22)21(30)31/h2-3,10,12,16-19,22-23,26-28H,4-9,11H2,1H3,(H,24,29)(H,30,31)/t16-,17-,18+,19-,22+/m0/s1. The predicted molar refractivity (Wildman–Crippen MR) is 120 cm³/mol. The lowest BCUT2D eigenvalue weighted by atomic mass is 9.99. The summed E-state index contributed by atoms with van der Waals surface area (Å²) in [6, 6.07) is 4.18. The quantitative estimate of drug-likeness (QED) is 0.100. The summed E-state index contributed by atoms with van der Waals surface area (Å²) in [5.74, 6) is -2.29. The molecular weight excluding hydrogens is 484 g/mol. The van der Waals surface area contributed by atoms with E-state index >= 15 is 0 Å². The molecule has 14 nitrogen and oxygen atoms in total. The van der Waals surface area contributed by atoms with Crippen LogP contribution in [0.5, 0.6) is 5.75 Å². The summed E-state index contributed by atoms with van der Waals surface area (Å²) in [4.78, 5) is 34.7. The van der Waals surface area contributed by atoms with Crippen LogP contribution in [0.15, 0.2) is 18.2 Å². The number of nitrogens with one attached hydrogen (secondary N) is 2. The number of carbonyl (C=O) groups is 3. The van der Waals surface area contributed by atoms with Crippen LogP contribution in [0.2, 0.25) is 0 Å². The second kappa shape index (κ2) is 15.3. The first-order chi connectivity index (χ1) is 17.3. The molecule has 0 aliphatic carbocycles. The van der Waals surface area contributed by atoms with E-state index in [0.717, 1.165) is 6.54 Å². The highest BCUT2D eigenvalue weighted by molar-refractivity contribution is 5.97. The number of likely N-dealkylation sites (N-methyl/N-ethyl adjacent to an activating group) is 1. The average Bonchev–Trinajstić information content (AvgIpc) is 2.86. The molecule has 1 aromatic rings. The maximum absolute atomic E-state index is 12.8. The molecule has 0 unspecified atom stereocenters. The Hall–Kier alpha value is -2.85. The molecule has 1 amide bonds. The number of carbonyl (C=O) groups excluding carboxylic acids is 2. The van der Waals surface area contributed by atoms with Crippen LogP contribution in [-0.4, -0.2) is 116 Å². The number of aliphatic hydroxyl groups is 3. The zero-order valence-electron chi connectivity index (χ0n) is 19.7. The van der Waals surface area contributed by atoms with Gasteiger partial charge in [0, 0.05) is 13.1 Å². The van der Waals surface area contributed by atoms with Crippen LogP contribution in [-0.2, 0) is 35.1 Å². The summed E-state index contributed by atoms with van der Waals surface area (Å²) < 4.78 is 26.1. The Bertz CT molecular complexity index is 854. The van der Waals surface area contributed by atoms with E-state index in [4.69, 9.17) is 23.7 Å². The molecule has 14 heteroatoms. The van der Waals surface area contributed by atoms with Gasteiger partial charge in [0.05, 0.1) is 32.0 Å². The summed E-state index contributed by atoms with van der Waals surface area (Å²) in [6.07, 6.45) is -9.16. The molecule has 5 atom stereocenters. The molecule has 0 bridgehead atoms. The SMILES string of the molecule is CNCCOCCOCCNC(=O)c1cc(COC=O)ccc1O[C@@H]1O[C@H](C(=O)O)[C@@H](O)[C@H](O)[C@H]1O. The second-order valence-electron chi connectivity index (χ2n) is 7.67. The second-order valence-corrected chi connectivity index (χ2v) is 7.67. The molecule has 1 aromatic carbocycles. The first-order valence-electron chi connectivity index (χ1n) is 11.2. The lowest BCUT2D eigenvalue weighted by molar-refractivity contribution is -0.271. The van der Waals surface area contributed by atoms with Gasteiger partial charge in [0.25, 0.3) is 12.4 Å². The molecule has 1 fully saturated rings. The van der Waals surface area contributed by atoms with Gasteiger partial charge >= 0.3 is 5.97 Å². The molecule has 0 radical (unpaired) electrons. The summed E-state index contributed by atoms with van der Waals surface area (Å²) in [5, 5.41) is 44.8. The Morgan fingerprint density at radius 2 is 1.72 bits per heavy atom. The lowest BCUT2D eigenvalue weighted by Gasteiger charge is -2.38. The van der Waals surface area contributed by atoms with E-state index in [1.165, 1.54) is 18.2 Å². The molecule has 0 spiro atoms. The van der Waals surface area contributed by atoms with Gasteiger partial charge in [-0.15, -0.1) is 0 Å². The van der Waals surface area contributed by atoms with Gasteiger partial charge in [0.1, 0.15) is 30.7 Å². The third-order valence-corrected chi connectivity index (χ3v) is 5.06. The zero-order valence-corrected chi connectivity index (χ0v) is 19.7. The fourth-order valence-electron chi connectivity index (χ4n) is 3.18. The number of aliphatic carboxylic acids is 1. The number of rotatable bonds is 16. The van der Waals surface area contributed by atoms with Gasteiger partial charge in [-0.25, -0.2) is 4.79 Å². The van der Waals surface area contributed by atoms with Crippen molar-refractivity contribution in [3.63, 3.8) is 0 Å². The van der Waals surface area contributed by atoms with Crippen LogP contribution >= 0.6 is 0 Å². The number of hydrogen-bond acceptors (Lipinski definition) is 12. The van der Waals surface area contributed by atoms with E-state index < -0.39 is 42.6 Å². The Morgan fingerprint density at radius 3 is 2.36 bits per heavy atom. The molecule has 1 aliphatic rings. The zero-order chi connectivity index (χ0) is 26.5. The first kappa shape index (κ1) is 29.4. The van der Waals surface area contributed by atoms with E-state index in [-0.39, 0.29) is 37.5 Å². The topological polar surface area (TPSA) is 202 Å². The predicted octanol–water partition coefficient (Wildman–Crippen LogP) is -2.39. The Morgan fingerprint density at radius 1 is 1.03 bits per heavy atom. The Balaban J connectivity index is 2.04. The molecule has 1 aliphatic heterocycles. The van der Waals surface area contributed by atoms with Crippen LogP contribution in [0.3, 0.4) is 0 Å². The summed E-state index contributed by atoms with van der Waals surface area (Å²) >= 11 is 0. The van der Waals surface area contributed by atoms with Crippen molar-refractivity contribution in [1.29, 1.82) is 0 Å². The lowest BCUT2D eigenvalue weighted by Crippen LogP contribution is -2.61. The number of aliphatic hydroxyl groups excluding tert-OH is 3. The molecule has 2 rings (SSSR count). The van der Waals surface area contributed by atoms with Gasteiger partial charge in [0.15, 0.2) is 6.10 Å². The first-order valence-corrected chi connectivity index (χ1v) is 11.2. The fourth-order valence-corrected chi connectivity index (χ4v) is 3.18. The molecule has 1 saturated heterocycles. The highest BCUT2D eigenvalue weighted by atomic mass is 16.7. The Labute approximate surface area is 207 Å². The van der Waals surface area contributed by atoms with Crippen LogP contribution in [0.25, 0.3) is 0 Å². The number of hydrogen-bond donors (Lipinski definition) is 6. The molecular formula is C22H32N2O12. The number of benzene rings is 1. The van der Waals surface area contributed by atoms with Crippen molar-refractivity contribution in [2.75, 3.05) is 46.6 Å². The molecule has 6 N–H and O–H groups in total. The van der Waals surface area contributed by atoms with Crippen molar-refractivity contribution in [1.82, 2.24) is 10.6 Å². The largest absolute Gasteiger partial charge is 0.479 e. The monoisotopic (exact) mass is 516 g/mol. The smallest absolute Gasteiger partial charge is 0.335 e. The van der Waals surface area contributed by atoms with Gasteiger partial charge in [-0.2, -0.15) is 0 Å². The summed E-state index contributed by atoms with van der Waals surface area (Å²) in [5.41, 5.74) is 0.402. The minimum Gasteiger partial charge on any atom is -0.479 e. The molecule has 0 aromatic heterocycles. The van der Waals surface area contributed by atoms with E-state index in [9.17, 15) is 34.8 Å². The maximum atomic E-state index is 12.8. The van der Waals surface area contributed by atoms with Gasteiger partial charge < -0.3 is 54.7 Å². The van der Waals surface area contributed by atoms with Crippen LogP contribution in [0.1, 0.15) is 15.9 Å². The van der Waals surface area contributed by atoms with E-state index in [1.54, 1.807) is 0 Å². The maximum Gasteiger partial charge on any atom is 0.335 e. The van der Waals surface area contributed by atoms with Crippen molar-refractivity contribution in [3.8, 4) is 5.75 Å². The Kier molecular flexibility index (Phi) is 12.5. The summed E-state index contributed by atoms with van der Waals surface area (Å²) in [6.45, 7) is 2.45. The van der Waals surface area contributed by atoms with Gasteiger partial charge in [0.2, 0.25) is 6.29 Å². The van der Waals surface area contributed by atoms with Gasteiger partial charge in [-0.1, -0.05) is 6.07 Å². The van der Waals surface area contributed by atoms with Crippen molar-refractivity contribution in [2.45, 2.75) is 37.3 Å².